The molecule has 0 aliphatic heterocycles. The van der Waals surface area contributed by atoms with Crippen molar-refractivity contribution in [3.05, 3.63) is 34.9 Å². The number of nitrogens with one attached hydrogen (secondary N) is 1. The molecular formula is C15H20ClNO3. The summed E-state index contributed by atoms with van der Waals surface area (Å²) in [6, 6.07) is 5.24. The Kier molecular flexibility index (Phi) is 7.12. The second kappa shape index (κ2) is 8.61. The normalized spacial score (nSPS) is 11.3. The number of para-hydroxylation sites is 1. The van der Waals surface area contributed by atoms with Gasteiger partial charge in [-0.1, -0.05) is 30.7 Å². The smallest absolute Gasteiger partial charge is 0.251 e. The van der Waals surface area contributed by atoms with Crippen molar-refractivity contribution in [1.82, 2.24) is 0 Å². The Balaban J connectivity index is 2.86. The largest absolute Gasteiger partial charge is 0.487 e. The molecule has 0 bridgehead atoms. The average Bonchev–Trinajstić information content (AvgIpc) is 2.42. The molecule has 0 unspecified atom stereocenters. The number of hydrogen-bond donors (Lipinski definition) is 1. The Bertz CT molecular complexity index is 486. The SMILES string of the molecule is CC/C=C(\C)C(=O)Nc1cccc(Cl)c1OCCOC. The van der Waals surface area contributed by atoms with Gasteiger partial charge >= 0.3 is 0 Å². The predicted octanol–water partition coefficient (Wildman–Crippen LogP) is 3.66. The van der Waals surface area contributed by atoms with Gasteiger partial charge in [0.2, 0.25) is 0 Å². The molecule has 1 aromatic carbocycles. The van der Waals surface area contributed by atoms with E-state index in [1.165, 1.54) is 0 Å². The van der Waals surface area contributed by atoms with E-state index in [4.69, 9.17) is 21.1 Å². The van der Waals surface area contributed by atoms with E-state index in [1.807, 2.05) is 13.0 Å². The lowest BCUT2D eigenvalue weighted by Crippen LogP contribution is -2.14. The Labute approximate surface area is 124 Å². The van der Waals surface area contributed by atoms with Crippen molar-refractivity contribution in [2.45, 2.75) is 20.3 Å². The number of rotatable bonds is 7. The molecule has 0 aromatic heterocycles. The second-order valence-electron chi connectivity index (χ2n) is 4.21. The van der Waals surface area contributed by atoms with E-state index in [1.54, 1.807) is 32.2 Å². The van der Waals surface area contributed by atoms with Crippen molar-refractivity contribution >= 4 is 23.2 Å². The highest BCUT2D eigenvalue weighted by molar-refractivity contribution is 6.32. The zero-order valence-corrected chi connectivity index (χ0v) is 12.8. The number of anilines is 1. The number of methoxy groups -OCH3 is 1. The summed E-state index contributed by atoms with van der Waals surface area (Å²) in [6.45, 7) is 4.57. The van der Waals surface area contributed by atoms with Gasteiger partial charge in [-0.25, -0.2) is 0 Å². The molecule has 0 atom stereocenters. The summed E-state index contributed by atoms with van der Waals surface area (Å²) in [7, 11) is 1.59. The van der Waals surface area contributed by atoms with Gasteiger partial charge in [0.1, 0.15) is 6.61 Å². The number of allylic oxidation sites excluding steroid dienone is 1. The molecule has 1 aromatic rings. The van der Waals surface area contributed by atoms with E-state index in [2.05, 4.69) is 5.32 Å². The molecule has 1 amide bonds. The van der Waals surface area contributed by atoms with Crippen LogP contribution in [0.15, 0.2) is 29.8 Å². The van der Waals surface area contributed by atoms with E-state index < -0.39 is 0 Å². The van der Waals surface area contributed by atoms with Crippen molar-refractivity contribution in [3.8, 4) is 5.75 Å². The maximum absolute atomic E-state index is 12.0. The fourth-order valence-corrected chi connectivity index (χ4v) is 1.83. The van der Waals surface area contributed by atoms with E-state index in [0.29, 0.717) is 35.2 Å². The molecule has 110 valence electrons. The van der Waals surface area contributed by atoms with E-state index in [9.17, 15) is 4.79 Å². The highest BCUT2D eigenvalue weighted by Gasteiger charge is 2.12. The van der Waals surface area contributed by atoms with E-state index in [-0.39, 0.29) is 5.91 Å². The molecule has 0 aliphatic carbocycles. The summed E-state index contributed by atoms with van der Waals surface area (Å²) in [5, 5.41) is 3.26. The summed E-state index contributed by atoms with van der Waals surface area (Å²) < 4.78 is 10.5. The Morgan fingerprint density at radius 3 is 2.80 bits per heavy atom. The van der Waals surface area contributed by atoms with Gasteiger partial charge in [0.25, 0.3) is 5.91 Å². The van der Waals surface area contributed by atoms with Crippen molar-refractivity contribution in [3.63, 3.8) is 0 Å². The van der Waals surface area contributed by atoms with Crippen molar-refractivity contribution < 1.29 is 14.3 Å². The fraction of sp³-hybridized carbons (Fsp3) is 0.400. The van der Waals surface area contributed by atoms with Crippen LogP contribution in [0.1, 0.15) is 20.3 Å². The number of ether oxygens (including phenoxy) is 2. The van der Waals surface area contributed by atoms with Crippen molar-refractivity contribution in [2.24, 2.45) is 0 Å². The van der Waals surface area contributed by atoms with Crippen LogP contribution in [0.5, 0.6) is 5.75 Å². The van der Waals surface area contributed by atoms with Crippen LogP contribution in [-0.2, 0) is 9.53 Å². The minimum atomic E-state index is -0.161. The third kappa shape index (κ3) is 4.87. The predicted molar refractivity (Wildman–Crippen MR) is 81.5 cm³/mol. The van der Waals surface area contributed by atoms with Gasteiger partial charge in [-0.15, -0.1) is 0 Å². The van der Waals surface area contributed by atoms with Crippen LogP contribution >= 0.6 is 11.6 Å². The lowest BCUT2D eigenvalue weighted by Gasteiger charge is -2.14. The first-order valence-electron chi connectivity index (χ1n) is 6.48. The van der Waals surface area contributed by atoms with Crippen LogP contribution in [0.25, 0.3) is 0 Å². The molecule has 0 spiro atoms. The summed E-state index contributed by atoms with van der Waals surface area (Å²) >= 11 is 6.10. The number of carbonyl (C=O) groups is 1. The lowest BCUT2D eigenvalue weighted by atomic mass is 10.2. The van der Waals surface area contributed by atoms with Gasteiger partial charge in [-0.2, -0.15) is 0 Å². The zero-order chi connectivity index (χ0) is 15.0. The van der Waals surface area contributed by atoms with Crippen LogP contribution in [0.4, 0.5) is 5.69 Å². The topological polar surface area (TPSA) is 47.6 Å². The third-order valence-corrected chi connectivity index (χ3v) is 2.92. The van der Waals surface area contributed by atoms with Crippen molar-refractivity contribution in [1.29, 1.82) is 0 Å². The molecular weight excluding hydrogens is 278 g/mol. The van der Waals surface area contributed by atoms with Crippen LogP contribution in [0, 0.1) is 0 Å². The van der Waals surface area contributed by atoms with E-state index in [0.717, 1.165) is 6.42 Å². The van der Waals surface area contributed by atoms with Crippen LogP contribution in [0.2, 0.25) is 5.02 Å². The molecule has 1 rings (SSSR count). The number of carbonyl (C=O) groups excluding carboxylic acids is 1. The summed E-state index contributed by atoms with van der Waals surface area (Å²) in [4.78, 5) is 12.0. The van der Waals surface area contributed by atoms with Crippen molar-refractivity contribution in [2.75, 3.05) is 25.6 Å². The van der Waals surface area contributed by atoms with Gasteiger partial charge in [-0.05, 0) is 25.5 Å². The number of benzene rings is 1. The summed E-state index contributed by atoms with van der Waals surface area (Å²) in [5.41, 5.74) is 1.22. The molecule has 0 radical (unpaired) electrons. The van der Waals surface area contributed by atoms with Gasteiger partial charge in [-0.3, -0.25) is 4.79 Å². The minimum absolute atomic E-state index is 0.161. The molecule has 5 heteroatoms. The van der Waals surface area contributed by atoms with Gasteiger partial charge in [0.15, 0.2) is 5.75 Å². The van der Waals surface area contributed by atoms with Gasteiger partial charge < -0.3 is 14.8 Å². The Morgan fingerprint density at radius 1 is 1.40 bits per heavy atom. The average molecular weight is 298 g/mol. The molecule has 0 saturated carbocycles. The molecule has 4 nitrogen and oxygen atoms in total. The first-order chi connectivity index (χ1) is 9.60. The fourth-order valence-electron chi connectivity index (χ4n) is 1.60. The summed E-state index contributed by atoms with van der Waals surface area (Å²) in [6.07, 6.45) is 2.68. The molecule has 20 heavy (non-hydrogen) atoms. The maximum Gasteiger partial charge on any atom is 0.251 e. The standard InChI is InChI=1S/C15H20ClNO3/c1-4-6-11(2)15(18)17-13-8-5-7-12(16)14(13)20-10-9-19-3/h5-8H,4,9-10H2,1-3H3,(H,17,18)/b11-6+. The molecule has 0 heterocycles. The third-order valence-electron chi connectivity index (χ3n) is 2.62. The van der Waals surface area contributed by atoms with Crippen LogP contribution < -0.4 is 10.1 Å². The van der Waals surface area contributed by atoms with Gasteiger partial charge in [0, 0.05) is 12.7 Å². The van der Waals surface area contributed by atoms with Gasteiger partial charge in [0.05, 0.1) is 17.3 Å². The minimum Gasteiger partial charge on any atom is -0.487 e. The van der Waals surface area contributed by atoms with Crippen LogP contribution in [-0.4, -0.2) is 26.2 Å². The Hall–Kier alpha value is -1.52. The van der Waals surface area contributed by atoms with E-state index >= 15 is 0 Å². The Morgan fingerprint density at radius 2 is 2.15 bits per heavy atom. The first kappa shape index (κ1) is 16.5. The first-order valence-corrected chi connectivity index (χ1v) is 6.86. The van der Waals surface area contributed by atoms with Crippen LogP contribution in [0.3, 0.4) is 0 Å². The highest BCUT2D eigenvalue weighted by atomic mass is 35.5. The summed E-state index contributed by atoms with van der Waals surface area (Å²) in [5.74, 6) is 0.301. The molecule has 1 N–H and O–H groups in total. The molecule has 0 saturated heterocycles. The molecule has 0 fully saturated rings. The second-order valence-corrected chi connectivity index (χ2v) is 4.61. The lowest BCUT2D eigenvalue weighted by molar-refractivity contribution is -0.112. The number of halogens is 1. The highest BCUT2D eigenvalue weighted by Crippen LogP contribution is 2.33. The number of hydrogen-bond acceptors (Lipinski definition) is 3. The maximum atomic E-state index is 12.0. The zero-order valence-electron chi connectivity index (χ0n) is 12.0. The quantitative estimate of drug-likeness (QED) is 0.617. The number of amides is 1. The monoisotopic (exact) mass is 297 g/mol. The molecule has 0 aliphatic rings.